The van der Waals surface area contributed by atoms with Crippen molar-refractivity contribution in [2.24, 2.45) is 5.92 Å². The van der Waals surface area contributed by atoms with Crippen LogP contribution in [0.15, 0.2) is 48.5 Å². The predicted octanol–water partition coefficient (Wildman–Crippen LogP) is 3.63. The molecular formula is C20H19N3O3. The first-order chi connectivity index (χ1) is 12.5. The minimum Gasteiger partial charge on any atom is -0.508 e. The maximum atomic E-state index is 10.5. The lowest BCUT2D eigenvalue weighted by molar-refractivity contribution is 0.354. The molecule has 2 rings (SSSR count). The summed E-state index contributed by atoms with van der Waals surface area (Å²) in [6.07, 6.45) is 1.49. The standard InChI is InChI=1S/C20H19N3O3/c1-25-19-8-5-14(9-20(19)26-2)17(15(11-21)12-22)10-18(24)13-3-6-16(23)7-4-13/h3-10,15,17,24H,23H2,1-2H3. The summed E-state index contributed by atoms with van der Waals surface area (Å²) in [5, 5.41) is 29.2. The largest absolute Gasteiger partial charge is 0.508 e. The third-order valence-electron chi connectivity index (χ3n) is 3.97. The molecule has 1 unspecified atom stereocenters. The van der Waals surface area contributed by atoms with Crippen molar-refractivity contribution in [2.45, 2.75) is 5.92 Å². The fourth-order valence-corrected chi connectivity index (χ4v) is 2.55. The molecule has 0 aromatic heterocycles. The second kappa shape index (κ2) is 8.46. The van der Waals surface area contributed by atoms with Gasteiger partial charge in [0, 0.05) is 17.2 Å². The van der Waals surface area contributed by atoms with Crippen molar-refractivity contribution in [1.29, 1.82) is 10.5 Å². The summed E-state index contributed by atoms with van der Waals surface area (Å²) in [5.74, 6) is -0.663. The molecule has 26 heavy (non-hydrogen) atoms. The summed E-state index contributed by atoms with van der Waals surface area (Å²) in [7, 11) is 3.03. The third kappa shape index (κ3) is 4.06. The fraction of sp³-hybridized carbons (Fsp3) is 0.200. The number of aliphatic hydroxyl groups is 1. The highest BCUT2D eigenvalue weighted by atomic mass is 16.5. The molecule has 0 amide bonds. The van der Waals surface area contributed by atoms with Gasteiger partial charge in [-0.3, -0.25) is 0 Å². The number of benzene rings is 2. The Morgan fingerprint density at radius 1 is 1.04 bits per heavy atom. The van der Waals surface area contributed by atoms with Gasteiger partial charge in [-0.15, -0.1) is 0 Å². The molecule has 1 atom stereocenters. The number of rotatable bonds is 6. The van der Waals surface area contributed by atoms with Crippen LogP contribution in [0.2, 0.25) is 0 Å². The number of nitriles is 2. The molecule has 132 valence electrons. The maximum absolute atomic E-state index is 10.5. The number of ether oxygens (including phenoxy) is 2. The maximum Gasteiger partial charge on any atom is 0.161 e. The lowest BCUT2D eigenvalue weighted by Crippen LogP contribution is -2.09. The summed E-state index contributed by atoms with van der Waals surface area (Å²) < 4.78 is 10.5. The molecule has 2 aromatic rings. The van der Waals surface area contributed by atoms with Gasteiger partial charge in [0.05, 0.1) is 26.4 Å². The molecule has 0 fully saturated rings. The molecule has 0 heterocycles. The zero-order valence-corrected chi connectivity index (χ0v) is 14.5. The average Bonchev–Trinajstić information content (AvgIpc) is 2.67. The summed E-state index contributed by atoms with van der Waals surface area (Å²) in [6, 6.07) is 15.7. The molecule has 2 aromatic carbocycles. The van der Waals surface area contributed by atoms with Crippen molar-refractivity contribution >= 4 is 11.4 Å². The van der Waals surface area contributed by atoms with E-state index >= 15 is 0 Å². The van der Waals surface area contributed by atoms with E-state index in [1.165, 1.54) is 20.3 Å². The predicted molar refractivity (Wildman–Crippen MR) is 98.5 cm³/mol. The van der Waals surface area contributed by atoms with Gasteiger partial charge in [0.25, 0.3) is 0 Å². The SMILES string of the molecule is COc1ccc(C(C=C(O)c2ccc(N)cc2)C(C#N)C#N)cc1OC. The van der Waals surface area contributed by atoms with Gasteiger partial charge in [-0.05, 0) is 48.0 Å². The van der Waals surface area contributed by atoms with Crippen LogP contribution in [0, 0.1) is 28.6 Å². The van der Waals surface area contributed by atoms with Gasteiger partial charge in [0.15, 0.2) is 11.5 Å². The Balaban J connectivity index is 2.51. The second-order valence-corrected chi connectivity index (χ2v) is 5.55. The second-order valence-electron chi connectivity index (χ2n) is 5.55. The first-order valence-corrected chi connectivity index (χ1v) is 7.82. The Hall–Kier alpha value is -3.64. The number of nitrogen functional groups attached to an aromatic ring is 1. The first kappa shape index (κ1) is 18.7. The van der Waals surface area contributed by atoms with E-state index < -0.39 is 11.8 Å². The highest BCUT2D eigenvalue weighted by molar-refractivity contribution is 5.62. The lowest BCUT2D eigenvalue weighted by atomic mass is 9.86. The number of aliphatic hydroxyl groups excluding tert-OH is 1. The van der Waals surface area contributed by atoms with Crippen LogP contribution >= 0.6 is 0 Å². The fourth-order valence-electron chi connectivity index (χ4n) is 2.55. The van der Waals surface area contributed by atoms with Gasteiger partial charge in [0.1, 0.15) is 11.7 Å². The topological polar surface area (TPSA) is 112 Å². The van der Waals surface area contributed by atoms with E-state index in [1.54, 1.807) is 42.5 Å². The van der Waals surface area contributed by atoms with Gasteiger partial charge in [-0.2, -0.15) is 10.5 Å². The highest BCUT2D eigenvalue weighted by Gasteiger charge is 2.23. The minimum absolute atomic E-state index is 0.0414. The third-order valence-corrected chi connectivity index (χ3v) is 3.97. The molecule has 3 N–H and O–H groups in total. The van der Waals surface area contributed by atoms with Crippen molar-refractivity contribution in [3.8, 4) is 23.6 Å². The van der Waals surface area contributed by atoms with Crippen LogP contribution < -0.4 is 15.2 Å². The van der Waals surface area contributed by atoms with Crippen LogP contribution in [0.5, 0.6) is 11.5 Å². The number of allylic oxidation sites excluding steroid dienone is 1. The van der Waals surface area contributed by atoms with E-state index in [-0.39, 0.29) is 5.76 Å². The van der Waals surface area contributed by atoms with Gasteiger partial charge in [-0.25, -0.2) is 0 Å². The van der Waals surface area contributed by atoms with E-state index in [0.29, 0.717) is 28.3 Å². The van der Waals surface area contributed by atoms with Crippen LogP contribution in [0.25, 0.3) is 5.76 Å². The van der Waals surface area contributed by atoms with Crippen LogP contribution in [0.1, 0.15) is 17.0 Å². The van der Waals surface area contributed by atoms with Crippen molar-refractivity contribution in [1.82, 2.24) is 0 Å². The molecule has 0 saturated carbocycles. The van der Waals surface area contributed by atoms with Crippen LogP contribution in [0.4, 0.5) is 5.69 Å². The van der Waals surface area contributed by atoms with Gasteiger partial charge < -0.3 is 20.3 Å². The van der Waals surface area contributed by atoms with Crippen LogP contribution in [0.3, 0.4) is 0 Å². The molecule has 0 aliphatic heterocycles. The summed E-state index contributed by atoms with van der Waals surface area (Å²) >= 11 is 0. The molecule has 0 spiro atoms. The number of hydrogen-bond donors (Lipinski definition) is 2. The van der Waals surface area contributed by atoms with Gasteiger partial charge >= 0.3 is 0 Å². The Morgan fingerprint density at radius 2 is 1.65 bits per heavy atom. The van der Waals surface area contributed by atoms with Crippen LogP contribution in [-0.2, 0) is 0 Å². The Labute approximate surface area is 152 Å². The molecular weight excluding hydrogens is 330 g/mol. The molecule has 0 saturated heterocycles. The van der Waals surface area contributed by atoms with Gasteiger partial charge in [0.2, 0.25) is 0 Å². The van der Waals surface area contributed by atoms with Crippen molar-refractivity contribution in [2.75, 3.05) is 20.0 Å². The Kier molecular flexibility index (Phi) is 6.08. The molecule has 0 aliphatic rings. The molecule has 6 heteroatoms. The zero-order valence-electron chi connectivity index (χ0n) is 14.5. The molecule has 0 bridgehead atoms. The van der Waals surface area contributed by atoms with Gasteiger partial charge in [-0.1, -0.05) is 6.07 Å². The number of nitrogens with two attached hydrogens (primary N) is 1. The molecule has 0 aliphatic carbocycles. The van der Waals surface area contributed by atoms with E-state index in [1.807, 2.05) is 12.1 Å². The lowest BCUT2D eigenvalue weighted by Gasteiger charge is -2.17. The number of anilines is 1. The van der Waals surface area contributed by atoms with E-state index in [2.05, 4.69) is 0 Å². The Morgan fingerprint density at radius 3 is 2.19 bits per heavy atom. The van der Waals surface area contributed by atoms with Crippen molar-refractivity contribution < 1.29 is 14.6 Å². The van der Waals surface area contributed by atoms with Crippen LogP contribution in [-0.4, -0.2) is 19.3 Å². The number of methoxy groups -OCH3 is 2. The summed E-state index contributed by atoms with van der Waals surface area (Å²) in [6.45, 7) is 0. The normalized spacial score (nSPS) is 12.1. The summed E-state index contributed by atoms with van der Waals surface area (Å²) in [4.78, 5) is 0. The highest BCUT2D eigenvalue weighted by Crippen LogP contribution is 2.35. The van der Waals surface area contributed by atoms with Crippen molar-refractivity contribution in [3.63, 3.8) is 0 Å². The minimum atomic E-state index is -0.982. The van der Waals surface area contributed by atoms with E-state index in [4.69, 9.17) is 15.2 Å². The molecule has 0 radical (unpaired) electrons. The zero-order chi connectivity index (χ0) is 19.1. The Bertz CT molecular complexity index is 863. The first-order valence-electron chi connectivity index (χ1n) is 7.82. The summed E-state index contributed by atoms with van der Waals surface area (Å²) in [5.41, 5.74) is 7.42. The number of hydrogen-bond acceptors (Lipinski definition) is 6. The monoisotopic (exact) mass is 349 g/mol. The smallest absolute Gasteiger partial charge is 0.161 e. The average molecular weight is 349 g/mol. The van der Waals surface area contributed by atoms with E-state index in [0.717, 1.165) is 0 Å². The quantitative estimate of drug-likeness (QED) is 0.608. The number of nitrogens with zero attached hydrogens (tertiary/aromatic N) is 2. The van der Waals surface area contributed by atoms with E-state index in [9.17, 15) is 15.6 Å². The van der Waals surface area contributed by atoms with Crippen molar-refractivity contribution in [3.05, 3.63) is 59.7 Å². The molecule has 6 nitrogen and oxygen atoms in total.